The van der Waals surface area contributed by atoms with E-state index in [1.807, 2.05) is 31.6 Å². The van der Waals surface area contributed by atoms with Gasteiger partial charge in [-0.3, -0.25) is 4.79 Å². The van der Waals surface area contributed by atoms with Crippen LogP contribution >= 0.6 is 36.2 Å². The average Bonchev–Trinajstić information content (AvgIpc) is 2.91. The number of aromatic nitrogens is 1. The number of rotatable bonds is 3. The zero-order chi connectivity index (χ0) is 14.8. The van der Waals surface area contributed by atoms with Crippen molar-refractivity contribution < 1.29 is 4.79 Å². The molecule has 0 bridgehead atoms. The molecule has 1 aliphatic rings. The molecule has 1 N–H and O–H groups in total. The van der Waals surface area contributed by atoms with Crippen LogP contribution in [-0.2, 0) is 13.0 Å². The van der Waals surface area contributed by atoms with E-state index in [0.29, 0.717) is 6.54 Å². The van der Waals surface area contributed by atoms with Crippen molar-refractivity contribution in [3.8, 4) is 0 Å². The summed E-state index contributed by atoms with van der Waals surface area (Å²) in [6, 6.07) is 5.94. The highest BCUT2D eigenvalue weighted by Gasteiger charge is 2.20. The maximum atomic E-state index is 12.7. The second-order valence-corrected chi connectivity index (χ2v) is 6.32. The molecule has 2 heterocycles. The fraction of sp³-hybridized carbons (Fsp3) is 0.375. The van der Waals surface area contributed by atoms with Gasteiger partial charge in [0.2, 0.25) is 0 Å². The SMILES string of the molecule is Cc1ncsc1CN(C)C(=O)c1cccc2c1CCCN2.Cl.Cl. The van der Waals surface area contributed by atoms with Gasteiger partial charge in [-0.15, -0.1) is 36.2 Å². The summed E-state index contributed by atoms with van der Waals surface area (Å²) >= 11 is 1.60. The Morgan fingerprint density at radius 3 is 2.87 bits per heavy atom. The molecule has 1 aromatic heterocycles. The van der Waals surface area contributed by atoms with E-state index in [9.17, 15) is 4.79 Å². The van der Waals surface area contributed by atoms with Gasteiger partial charge in [0, 0.05) is 29.7 Å². The van der Waals surface area contributed by atoms with E-state index in [-0.39, 0.29) is 30.7 Å². The number of fused-ring (bicyclic) bond motifs is 1. The van der Waals surface area contributed by atoms with E-state index < -0.39 is 0 Å². The number of nitrogens with zero attached hydrogens (tertiary/aromatic N) is 2. The molecule has 0 fully saturated rings. The molecule has 7 heteroatoms. The third-order valence-corrected chi connectivity index (χ3v) is 4.82. The van der Waals surface area contributed by atoms with Crippen LogP contribution < -0.4 is 5.32 Å². The molecule has 0 radical (unpaired) electrons. The largest absolute Gasteiger partial charge is 0.385 e. The van der Waals surface area contributed by atoms with Gasteiger partial charge in [-0.25, -0.2) is 4.98 Å². The summed E-state index contributed by atoms with van der Waals surface area (Å²) < 4.78 is 0. The minimum Gasteiger partial charge on any atom is -0.385 e. The van der Waals surface area contributed by atoms with Gasteiger partial charge in [-0.2, -0.15) is 0 Å². The van der Waals surface area contributed by atoms with Crippen molar-refractivity contribution in [1.29, 1.82) is 0 Å². The molecule has 1 aliphatic heterocycles. The maximum Gasteiger partial charge on any atom is 0.254 e. The number of halogens is 2. The topological polar surface area (TPSA) is 45.2 Å². The minimum atomic E-state index is 0. The predicted octanol–water partition coefficient (Wildman–Crippen LogP) is 3.93. The fourth-order valence-electron chi connectivity index (χ4n) is 2.68. The number of amides is 1. The van der Waals surface area contributed by atoms with E-state index in [2.05, 4.69) is 16.4 Å². The Labute approximate surface area is 153 Å². The minimum absolute atomic E-state index is 0. The quantitative estimate of drug-likeness (QED) is 0.886. The number of aryl methyl sites for hydroxylation is 1. The third kappa shape index (κ3) is 4.16. The highest BCUT2D eigenvalue weighted by Crippen LogP contribution is 2.26. The van der Waals surface area contributed by atoms with Crippen LogP contribution in [0.1, 0.15) is 32.9 Å². The first-order valence-corrected chi connectivity index (χ1v) is 8.05. The average molecular weight is 374 g/mol. The lowest BCUT2D eigenvalue weighted by molar-refractivity contribution is 0.0785. The zero-order valence-corrected chi connectivity index (χ0v) is 15.6. The van der Waals surface area contributed by atoms with E-state index >= 15 is 0 Å². The van der Waals surface area contributed by atoms with Gasteiger partial charge in [0.25, 0.3) is 5.91 Å². The number of thiazole rings is 1. The Kier molecular flexibility index (Phi) is 7.32. The highest BCUT2D eigenvalue weighted by atomic mass is 35.5. The van der Waals surface area contributed by atoms with Crippen LogP contribution in [0.25, 0.3) is 0 Å². The summed E-state index contributed by atoms with van der Waals surface area (Å²) in [4.78, 5) is 19.9. The van der Waals surface area contributed by atoms with Crippen LogP contribution in [0, 0.1) is 6.92 Å². The van der Waals surface area contributed by atoms with Crippen LogP contribution in [0.3, 0.4) is 0 Å². The van der Waals surface area contributed by atoms with Crippen LogP contribution in [-0.4, -0.2) is 29.4 Å². The first-order valence-electron chi connectivity index (χ1n) is 7.17. The van der Waals surface area contributed by atoms with Crippen molar-refractivity contribution in [3.05, 3.63) is 45.4 Å². The first-order chi connectivity index (χ1) is 10.2. The molecule has 0 spiro atoms. The lowest BCUT2D eigenvalue weighted by Crippen LogP contribution is -2.28. The molecule has 1 amide bonds. The lowest BCUT2D eigenvalue weighted by atomic mass is 9.97. The normalized spacial score (nSPS) is 12.3. The van der Waals surface area contributed by atoms with Crippen LogP contribution in [0.2, 0.25) is 0 Å². The summed E-state index contributed by atoms with van der Waals surface area (Å²) in [5.41, 5.74) is 5.92. The number of benzene rings is 1. The molecular formula is C16H21Cl2N3OS. The number of carbonyl (C=O) groups is 1. The number of nitrogens with one attached hydrogen (secondary N) is 1. The van der Waals surface area contributed by atoms with Gasteiger partial charge in [0.1, 0.15) is 0 Å². The molecule has 4 nitrogen and oxygen atoms in total. The Bertz CT molecular complexity index is 675. The molecule has 0 saturated carbocycles. The maximum absolute atomic E-state index is 12.7. The van der Waals surface area contributed by atoms with Gasteiger partial charge in [0.15, 0.2) is 0 Å². The van der Waals surface area contributed by atoms with Crippen LogP contribution in [0.5, 0.6) is 0 Å². The number of anilines is 1. The summed E-state index contributed by atoms with van der Waals surface area (Å²) in [7, 11) is 1.86. The second-order valence-electron chi connectivity index (χ2n) is 5.38. The molecule has 2 aromatic rings. The van der Waals surface area contributed by atoms with Crippen molar-refractivity contribution in [3.63, 3.8) is 0 Å². The monoisotopic (exact) mass is 373 g/mol. The molecule has 126 valence electrons. The first kappa shape index (κ1) is 19.7. The second kappa shape index (κ2) is 8.52. The van der Waals surface area contributed by atoms with Gasteiger partial charge in [0.05, 0.1) is 17.7 Å². The van der Waals surface area contributed by atoms with Crippen LogP contribution in [0.4, 0.5) is 5.69 Å². The molecule has 23 heavy (non-hydrogen) atoms. The Hall–Kier alpha value is -1.30. The van der Waals surface area contributed by atoms with Gasteiger partial charge in [-0.05, 0) is 37.5 Å². The van der Waals surface area contributed by atoms with Crippen LogP contribution in [0.15, 0.2) is 23.7 Å². The van der Waals surface area contributed by atoms with Crippen molar-refractivity contribution in [2.75, 3.05) is 18.9 Å². The summed E-state index contributed by atoms with van der Waals surface area (Å²) in [6.45, 7) is 3.59. The lowest BCUT2D eigenvalue weighted by Gasteiger charge is -2.23. The van der Waals surface area contributed by atoms with E-state index in [4.69, 9.17) is 0 Å². The number of hydrogen-bond donors (Lipinski definition) is 1. The van der Waals surface area contributed by atoms with Crippen molar-refractivity contribution in [2.45, 2.75) is 26.3 Å². The van der Waals surface area contributed by atoms with Crippen molar-refractivity contribution >= 4 is 47.7 Å². The summed E-state index contributed by atoms with van der Waals surface area (Å²) in [6.07, 6.45) is 2.05. The Balaban J connectivity index is 0.00000132. The molecule has 0 saturated heterocycles. The third-order valence-electron chi connectivity index (χ3n) is 3.90. The Morgan fingerprint density at radius 2 is 2.17 bits per heavy atom. The van der Waals surface area contributed by atoms with Gasteiger partial charge >= 0.3 is 0 Å². The molecule has 0 unspecified atom stereocenters. The number of hydrogen-bond acceptors (Lipinski definition) is 4. The molecule has 1 aromatic carbocycles. The Morgan fingerprint density at radius 1 is 1.39 bits per heavy atom. The standard InChI is InChI=1S/C16H19N3OS.2ClH/c1-11-15(21-10-18-11)9-19(2)16(20)13-5-3-7-14-12(13)6-4-8-17-14;;/h3,5,7,10,17H,4,6,8-9H2,1-2H3;2*1H. The van der Waals surface area contributed by atoms with Gasteiger partial charge in [-0.1, -0.05) is 6.07 Å². The summed E-state index contributed by atoms with van der Waals surface area (Å²) in [5.74, 6) is 0.0864. The smallest absolute Gasteiger partial charge is 0.254 e. The molecular weight excluding hydrogens is 353 g/mol. The summed E-state index contributed by atoms with van der Waals surface area (Å²) in [5, 5.41) is 3.37. The molecule has 0 aliphatic carbocycles. The zero-order valence-electron chi connectivity index (χ0n) is 13.2. The number of carbonyl (C=O) groups excluding carboxylic acids is 1. The van der Waals surface area contributed by atoms with E-state index in [1.54, 1.807) is 16.2 Å². The van der Waals surface area contributed by atoms with Gasteiger partial charge < -0.3 is 10.2 Å². The predicted molar refractivity (Wildman–Crippen MR) is 100 cm³/mol. The van der Waals surface area contributed by atoms with Crippen molar-refractivity contribution in [1.82, 2.24) is 9.88 Å². The van der Waals surface area contributed by atoms with Crippen molar-refractivity contribution in [2.24, 2.45) is 0 Å². The highest BCUT2D eigenvalue weighted by molar-refractivity contribution is 7.09. The molecule has 3 rings (SSSR count). The van der Waals surface area contributed by atoms with E-state index in [1.165, 1.54) is 0 Å². The fourth-order valence-corrected chi connectivity index (χ4v) is 3.51. The van der Waals surface area contributed by atoms with E-state index in [0.717, 1.165) is 46.8 Å². The molecule has 0 atom stereocenters.